The van der Waals surface area contributed by atoms with Gasteiger partial charge >= 0.3 is 0 Å². The Morgan fingerprint density at radius 1 is 1.38 bits per heavy atom. The van der Waals surface area contributed by atoms with Crippen molar-refractivity contribution in [3.63, 3.8) is 0 Å². The third kappa shape index (κ3) is 1.52. The van der Waals surface area contributed by atoms with Crippen molar-refractivity contribution in [3.8, 4) is 0 Å². The number of rotatable bonds is 0. The molecule has 1 fully saturated rings. The van der Waals surface area contributed by atoms with Crippen molar-refractivity contribution in [1.82, 2.24) is 5.32 Å². The van der Waals surface area contributed by atoms with E-state index in [9.17, 15) is 0 Å². The maximum atomic E-state index is 3.52. The topological polar surface area (TPSA) is 15.3 Å². The molecular weight excluding hydrogens is 196 g/mol. The summed E-state index contributed by atoms with van der Waals surface area (Å²) in [4.78, 5) is 2.50. The first-order valence-corrected chi connectivity index (χ1v) is 6.29. The summed E-state index contributed by atoms with van der Waals surface area (Å²) in [5.41, 5.74) is 4.37. The first-order valence-electron chi connectivity index (χ1n) is 6.29. The predicted molar refractivity (Wildman–Crippen MR) is 68.1 cm³/mol. The van der Waals surface area contributed by atoms with E-state index in [4.69, 9.17) is 0 Å². The highest BCUT2D eigenvalue weighted by molar-refractivity contribution is 5.57. The molecule has 1 aromatic carbocycles. The number of anilines is 1. The number of nitrogens with one attached hydrogen (secondary N) is 1. The smallest absolute Gasteiger partial charge is 0.0399 e. The quantitative estimate of drug-likeness (QED) is 0.713. The van der Waals surface area contributed by atoms with Crippen molar-refractivity contribution in [2.45, 2.75) is 25.8 Å². The van der Waals surface area contributed by atoms with Crippen LogP contribution in [-0.4, -0.2) is 26.2 Å². The molecule has 0 spiro atoms. The molecule has 0 bridgehead atoms. The summed E-state index contributed by atoms with van der Waals surface area (Å²) in [6, 6.07) is 7.63. The van der Waals surface area contributed by atoms with E-state index in [1.54, 1.807) is 0 Å². The van der Waals surface area contributed by atoms with Crippen molar-refractivity contribution in [1.29, 1.82) is 0 Å². The summed E-state index contributed by atoms with van der Waals surface area (Å²) >= 11 is 0. The SMILES string of the molecule is Cc1ccc2c(c1)CC1CNCCC1N2C. The molecule has 0 aliphatic carbocycles. The van der Waals surface area contributed by atoms with Crippen molar-refractivity contribution >= 4 is 5.69 Å². The predicted octanol–water partition coefficient (Wildman–Crippen LogP) is 1.97. The molecule has 0 radical (unpaired) electrons. The number of piperidine rings is 1. The Balaban J connectivity index is 1.99. The van der Waals surface area contributed by atoms with Crippen LogP contribution in [0.15, 0.2) is 18.2 Å². The molecule has 16 heavy (non-hydrogen) atoms. The Morgan fingerprint density at radius 3 is 3.12 bits per heavy atom. The highest BCUT2D eigenvalue weighted by Gasteiger charge is 2.33. The molecule has 0 amide bonds. The fourth-order valence-electron chi connectivity index (χ4n) is 3.31. The third-order valence-electron chi connectivity index (χ3n) is 4.16. The average Bonchev–Trinajstić information content (AvgIpc) is 2.29. The lowest BCUT2D eigenvalue weighted by Gasteiger charge is -2.44. The highest BCUT2D eigenvalue weighted by atomic mass is 15.2. The number of nitrogens with zero attached hydrogens (tertiary/aromatic N) is 1. The first kappa shape index (κ1) is 10.2. The second-order valence-corrected chi connectivity index (χ2v) is 5.27. The zero-order valence-corrected chi connectivity index (χ0v) is 10.2. The standard InChI is InChI=1S/C14H20N2/c1-10-3-4-13-11(7-10)8-12-9-15-6-5-14(12)16(13)2/h3-4,7,12,14-15H,5-6,8-9H2,1-2H3. The molecule has 1 saturated heterocycles. The van der Waals surface area contributed by atoms with Gasteiger partial charge in [0.25, 0.3) is 0 Å². The molecule has 86 valence electrons. The van der Waals surface area contributed by atoms with E-state index in [1.165, 1.54) is 42.7 Å². The first-order chi connectivity index (χ1) is 7.75. The van der Waals surface area contributed by atoms with Gasteiger partial charge in [-0.1, -0.05) is 17.7 Å². The molecular formula is C14H20N2. The van der Waals surface area contributed by atoms with Crippen LogP contribution in [0.25, 0.3) is 0 Å². The second-order valence-electron chi connectivity index (χ2n) is 5.27. The minimum absolute atomic E-state index is 0.747. The minimum Gasteiger partial charge on any atom is -0.371 e. The molecule has 2 atom stereocenters. The maximum absolute atomic E-state index is 3.52. The van der Waals surface area contributed by atoms with Gasteiger partial charge in [0.15, 0.2) is 0 Å². The summed E-state index contributed by atoms with van der Waals surface area (Å²) in [7, 11) is 2.26. The normalized spacial score (nSPS) is 28.5. The Morgan fingerprint density at radius 2 is 2.25 bits per heavy atom. The van der Waals surface area contributed by atoms with Gasteiger partial charge in [0, 0.05) is 25.3 Å². The van der Waals surface area contributed by atoms with Crippen LogP contribution in [0.3, 0.4) is 0 Å². The van der Waals surface area contributed by atoms with Gasteiger partial charge in [0.05, 0.1) is 0 Å². The van der Waals surface area contributed by atoms with Crippen LogP contribution in [0, 0.1) is 12.8 Å². The van der Waals surface area contributed by atoms with Crippen LogP contribution in [0.2, 0.25) is 0 Å². The Bertz CT molecular complexity index is 400. The molecule has 1 aromatic rings. The maximum Gasteiger partial charge on any atom is 0.0399 e. The fraction of sp³-hybridized carbons (Fsp3) is 0.571. The van der Waals surface area contributed by atoms with Gasteiger partial charge in [-0.25, -0.2) is 0 Å². The monoisotopic (exact) mass is 216 g/mol. The van der Waals surface area contributed by atoms with Crippen LogP contribution in [-0.2, 0) is 6.42 Å². The van der Waals surface area contributed by atoms with Gasteiger partial charge in [0.1, 0.15) is 0 Å². The molecule has 2 heteroatoms. The van der Waals surface area contributed by atoms with E-state index in [0.717, 1.165) is 12.0 Å². The number of fused-ring (bicyclic) bond motifs is 2. The van der Waals surface area contributed by atoms with Gasteiger partial charge in [-0.2, -0.15) is 0 Å². The van der Waals surface area contributed by atoms with Gasteiger partial charge in [-0.15, -0.1) is 0 Å². The molecule has 2 aliphatic rings. The average molecular weight is 216 g/mol. The van der Waals surface area contributed by atoms with Crippen molar-refractivity contribution in [2.24, 2.45) is 5.92 Å². The second kappa shape index (κ2) is 3.77. The molecule has 2 nitrogen and oxygen atoms in total. The van der Waals surface area contributed by atoms with Crippen LogP contribution in [0.4, 0.5) is 5.69 Å². The van der Waals surface area contributed by atoms with Gasteiger partial charge < -0.3 is 10.2 Å². The van der Waals surface area contributed by atoms with Gasteiger partial charge in [0.2, 0.25) is 0 Å². The molecule has 2 aliphatic heterocycles. The molecule has 0 aromatic heterocycles. The lowest BCUT2D eigenvalue weighted by Crippen LogP contribution is -2.51. The highest BCUT2D eigenvalue weighted by Crippen LogP contribution is 2.35. The van der Waals surface area contributed by atoms with Crippen LogP contribution < -0.4 is 10.2 Å². The summed E-state index contributed by atoms with van der Waals surface area (Å²) < 4.78 is 0. The summed E-state index contributed by atoms with van der Waals surface area (Å²) in [5, 5.41) is 3.52. The molecule has 3 rings (SSSR count). The van der Waals surface area contributed by atoms with Crippen LogP contribution in [0.5, 0.6) is 0 Å². The number of hydrogen-bond donors (Lipinski definition) is 1. The summed E-state index contributed by atoms with van der Waals surface area (Å²) in [5.74, 6) is 0.799. The Kier molecular flexibility index (Phi) is 2.40. The lowest BCUT2D eigenvalue weighted by molar-refractivity contribution is 0.304. The van der Waals surface area contributed by atoms with E-state index in [0.29, 0.717) is 0 Å². The fourth-order valence-corrected chi connectivity index (χ4v) is 3.31. The molecule has 0 saturated carbocycles. The largest absolute Gasteiger partial charge is 0.371 e. The van der Waals surface area contributed by atoms with E-state index in [1.807, 2.05) is 0 Å². The molecule has 2 heterocycles. The van der Waals surface area contributed by atoms with Crippen molar-refractivity contribution in [2.75, 3.05) is 25.0 Å². The number of aryl methyl sites for hydroxylation is 1. The zero-order valence-electron chi connectivity index (χ0n) is 10.2. The van der Waals surface area contributed by atoms with E-state index >= 15 is 0 Å². The zero-order chi connectivity index (χ0) is 11.1. The van der Waals surface area contributed by atoms with E-state index in [-0.39, 0.29) is 0 Å². The molecule has 2 unspecified atom stereocenters. The van der Waals surface area contributed by atoms with Gasteiger partial charge in [-0.05, 0) is 43.9 Å². The Labute approximate surface area is 97.6 Å². The summed E-state index contributed by atoms with van der Waals surface area (Å²) in [6.45, 7) is 4.54. The summed E-state index contributed by atoms with van der Waals surface area (Å²) in [6.07, 6.45) is 2.54. The van der Waals surface area contributed by atoms with Crippen molar-refractivity contribution in [3.05, 3.63) is 29.3 Å². The van der Waals surface area contributed by atoms with Crippen molar-refractivity contribution < 1.29 is 0 Å². The third-order valence-corrected chi connectivity index (χ3v) is 4.16. The number of benzene rings is 1. The van der Waals surface area contributed by atoms with Crippen LogP contribution in [0.1, 0.15) is 17.5 Å². The lowest BCUT2D eigenvalue weighted by atomic mass is 9.82. The molecule has 1 N–H and O–H groups in total. The Hall–Kier alpha value is -1.02. The minimum atomic E-state index is 0.747. The number of hydrogen-bond acceptors (Lipinski definition) is 2. The van der Waals surface area contributed by atoms with Gasteiger partial charge in [-0.3, -0.25) is 0 Å². The van der Waals surface area contributed by atoms with E-state index < -0.39 is 0 Å². The van der Waals surface area contributed by atoms with Crippen LogP contribution >= 0.6 is 0 Å². The van der Waals surface area contributed by atoms with E-state index in [2.05, 4.69) is 42.4 Å².